The highest BCUT2D eigenvalue weighted by Gasteiger charge is 2.31. The third-order valence-corrected chi connectivity index (χ3v) is 7.28. The molecule has 2 atom stereocenters. The molecule has 0 aliphatic carbocycles. The van der Waals surface area contributed by atoms with E-state index >= 15 is 0 Å². The van der Waals surface area contributed by atoms with Crippen LogP contribution in [0.25, 0.3) is 10.2 Å². The number of piperazine rings is 1. The molecule has 1 aliphatic heterocycles. The summed E-state index contributed by atoms with van der Waals surface area (Å²) in [4.78, 5) is 32.5. The van der Waals surface area contributed by atoms with Crippen LogP contribution in [0, 0.1) is 6.92 Å². The molecule has 9 nitrogen and oxygen atoms in total. The van der Waals surface area contributed by atoms with Gasteiger partial charge in [-0.2, -0.15) is 13.2 Å². The van der Waals surface area contributed by atoms with Gasteiger partial charge in [0.2, 0.25) is 5.91 Å². The van der Waals surface area contributed by atoms with Crippen LogP contribution in [0.3, 0.4) is 0 Å². The largest absolute Gasteiger partial charge is 0.491 e. The maximum Gasteiger partial charge on any atom is 0.416 e. The van der Waals surface area contributed by atoms with Gasteiger partial charge in [-0.25, -0.2) is 9.78 Å². The van der Waals surface area contributed by atoms with Gasteiger partial charge in [0.25, 0.3) is 0 Å². The number of amides is 1. The molecular weight excluding hydrogens is 537 g/mol. The van der Waals surface area contributed by atoms with Crippen LogP contribution in [0.4, 0.5) is 13.2 Å². The molecule has 1 aromatic heterocycles. The number of rotatable bonds is 10. The van der Waals surface area contributed by atoms with Gasteiger partial charge in [0, 0.05) is 38.8 Å². The number of nitrogens with zero attached hydrogens (tertiary/aromatic N) is 3. The average Bonchev–Trinajstić information content (AvgIpc) is 3.26. The van der Waals surface area contributed by atoms with E-state index in [4.69, 9.17) is 4.74 Å². The lowest BCUT2D eigenvalue weighted by Gasteiger charge is -2.35. The van der Waals surface area contributed by atoms with Crippen LogP contribution in [0.15, 0.2) is 42.5 Å². The van der Waals surface area contributed by atoms with Crippen LogP contribution in [0.1, 0.15) is 22.2 Å². The van der Waals surface area contributed by atoms with Crippen LogP contribution >= 0.6 is 11.3 Å². The first-order valence-corrected chi connectivity index (χ1v) is 13.1. The Bertz CT molecular complexity index is 1290. The molecule has 1 fully saturated rings. The molecule has 3 N–H and O–H groups in total. The first kappa shape index (κ1) is 28.7. The summed E-state index contributed by atoms with van der Waals surface area (Å²) in [5.74, 6) is -1.28. The van der Waals surface area contributed by atoms with Crippen molar-refractivity contribution in [1.82, 2.24) is 20.1 Å². The quantitative estimate of drug-likeness (QED) is 0.343. The number of ether oxygens (including phenoxy) is 1. The molecule has 1 amide bonds. The number of nitrogens with one attached hydrogen (secondary N) is 1. The molecule has 2 unspecified atom stereocenters. The first-order chi connectivity index (χ1) is 18.5. The van der Waals surface area contributed by atoms with E-state index in [1.54, 1.807) is 11.3 Å². The molecule has 1 saturated heterocycles. The Balaban J connectivity index is 1.20. The van der Waals surface area contributed by atoms with E-state index in [0.717, 1.165) is 39.5 Å². The zero-order valence-electron chi connectivity index (χ0n) is 21.1. The predicted molar refractivity (Wildman–Crippen MR) is 139 cm³/mol. The van der Waals surface area contributed by atoms with Gasteiger partial charge in [-0.3, -0.25) is 14.6 Å². The van der Waals surface area contributed by atoms with Gasteiger partial charge in [-0.15, -0.1) is 11.3 Å². The molecule has 3 aromatic rings. The second kappa shape index (κ2) is 12.3. The van der Waals surface area contributed by atoms with Crippen molar-refractivity contribution in [3.63, 3.8) is 0 Å². The number of carboxylic acids is 1. The van der Waals surface area contributed by atoms with Gasteiger partial charge >= 0.3 is 12.1 Å². The normalized spacial score (nSPS) is 16.6. The van der Waals surface area contributed by atoms with E-state index in [0.29, 0.717) is 38.5 Å². The van der Waals surface area contributed by atoms with Gasteiger partial charge in [0.05, 0.1) is 27.3 Å². The molecule has 4 rings (SSSR count). The van der Waals surface area contributed by atoms with Gasteiger partial charge in [-0.05, 0) is 36.8 Å². The van der Waals surface area contributed by atoms with Crippen molar-refractivity contribution in [3.8, 4) is 5.75 Å². The molecule has 210 valence electrons. The Kier molecular flexibility index (Phi) is 9.05. The summed E-state index contributed by atoms with van der Waals surface area (Å²) < 4.78 is 45.2. The number of alkyl halides is 3. The number of hydrogen-bond acceptors (Lipinski definition) is 8. The van der Waals surface area contributed by atoms with Crippen LogP contribution < -0.4 is 10.1 Å². The Labute approximate surface area is 226 Å². The Morgan fingerprint density at radius 1 is 1.10 bits per heavy atom. The van der Waals surface area contributed by atoms with E-state index in [2.05, 4.69) is 15.2 Å². The lowest BCUT2D eigenvalue weighted by Crippen LogP contribution is -2.51. The van der Waals surface area contributed by atoms with Crippen LogP contribution in [-0.4, -0.2) is 88.9 Å². The molecule has 13 heteroatoms. The van der Waals surface area contributed by atoms with Gasteiger partial charge in [-0.1, -0.05) is 12.1 Å². The monoisotopic (exact) mass is 566 g/mol. The highest BCUT2D eigenvalue weighted by Crippen LogP contribution is 2.30. The number of hydrogen-bond donors (Lipinski definition) is 3. The van der Waals surface area contributed by atoms with Crippen molar-refractivity contribution < 1.29 is 37.7 Å². The average molecular weight is 567 g/mol. The van der Waals surface area contributed by atoms with Crippen LogP contribution in [0.2, 0.25) is 0 Å². The highest BCUT2D eigenvalue weighted by atomic mass is 32.1. The summed E-state index contributed by atoms with van der Waals surface area (Å²) in [5.41, 5.74) is 0.00802. The number of thiazole rings is 1. The van der Waals surface area contributed by atoms with E-state index in [1.165, 1.54) is 0 Å². The summed E-state index contributed by atoms with van der Waals surface area (Å²) in [6.45, 7) is 4.65. The van der Waals surface area contributed by atoms with E-state index < -0.39 is 35.8 Å². The number of carboxylic acid groups (broad SMARTS) is 1. The molecule has 2 aromatic carbocycles. The minimum atomic E-state index is -4.54. The maximum absolute atomic E-state index is 12.8. The lowest BCUT2D eigenvalue weighted by atomic mass is 10.0. The number of halogens is 3. The number of fused-ring (bicyclic) bond motifs is 1. The van der Waals surface area contributed by atoms with Crippen molar-refractivity contribution in [2.75, 3.05) is 45.9 Å². The van der Waals surface area contributed by atoms with Crippen molar-refractivity contribution in [2.24, 2.45) is 0 Å². The fraction of sp³-hybridized carbons (Fsp3) is 0.423. The Hall–Kier alpha value is -3.26. The minimum absolute atomic E-state index is 0.0477. The summed E-state index contributed by atoms with van der Waals surface area (Å²) >= 11 is 1.60. The number of carbonyl (C=O) groups excluding carboxylic acids is 1. The minimum Gasteiger partial charge on any atom is -0.491 e. The van der Waals surface area contributed by atoms with Gasteiger partial charge in [0.15, 0.2) is 6.04 Å². The third-order valence-electron chi connectivity index (χ3n) is 6.33. The standard InChI is InChI=1S/C26H29F3N4O5S/c1-16-30-21-12-20(6-7-22(21)39-16)38-15-19(34)13-32-8-10-33(11-9-32)14-23(35)31-24(25(36)37)17-2-4-18(5-3-17)26(27,28)29/h2-7,12,19,24,34H,8-11,13-15H2,1H3,(H,31,35)(H,36,37). The molecule has 0 spiro atoms. The zero-order chi connectivity index (χ0) is 28.2. The molecule has 39 heavy (non-hydrogen) atoms. The zero-order valence-corrected chi connectivity index (χ0v) is 22.0. The topological polar surface area (TPSA) is 115 Å². The number of aliphatic hydroxyl groups excluding tert-OH is 1. The van der Waals surface area contributed by atoms with Gasteiger partial charge < -0.3 is 20.3 Å². The highest BCUT2D eigenvalue weighted by molar-refractivity contribution is 7.18. The fourth-order valence-electron chi connectivity index (χ4n) is 4.35. The molecule has 0 bridgehead atoms. The summed E-state index contributed by atoms with van der Waals surface area (Å²) in [5, 5.41) is 23.3. The summed E-state index contributed by atoms with van der Waals surface area (Å²) in [6.07, 6.45) is -5.26. The van der Waals surface area contributed by atoms with Crippen molar-refractivity contribution in [1.29, 1.82) is 0 Å². The van der Waals surface area contributed by atoms with Crippen molar-refractivity contribution in [2.45, 2.75) is 25.2 Å². The molecular formula is C26H29F3N4O5S. The Morgan fingerprint density at radius 3 is 2.41 bits per heavy atom. The predicted octanol–water partition coefficient (Wildman–Crippen LogP) is 2.92. The second-order valence-corrected chi connectivity index (χ2v) is 10.6. The summed E-state index contributed by atoms with van der Waals surface area (Å²) in [6, 6.07) is 7.86. The lowest BCUT2D eigenvalue weighted by molar-refractivity contribution is -0.142. The van der Waals surface area contributed by atoms with Crippen molar-refractivity contribution >= 4 is 33.4 Å². The third kappa shape index (κ3) is 7.88. The van der Waals surface area contributed by atoms with Crippen LogP contribution in [-0.2, 0) is 15.8 Å². The molecule has 1 aliphatic rings. The Morgan fingerprint density at radius 2 is 1.77 bits per heavy atom. The first-order valence-electron chi connectivity index (χ1n) is 12.3. The molecule has 0 radical (unpaired) electrons. The number of aliphatic hydroxyl groups is 1. The van der Waals surface area contributed by atoms with Crippen molar-refractivity contribution in [3.05, 3.63) is 58.6 Å². The second-order valence-electron chi connectivity index (χ2n) is 9.36. The van der Waals surface area contributed by atoms with Crippen LogP contribution in [0.5, 0.6) is 5.75 Å². The smallest absolute Gasteiger partial charge is 0.416 e. The summed E-state index contributed by atoms with van der Waals surface area (Å²) in [7, 11) is 0. The van der Waals surface area contributed by atoms with E-state index in [1.807, 2.05) is 30.0 Å². The number of aliphatic carboxylic acids is 1. The number of aromatic nitrogens is 1. The SMILES string of the molecule is Cc1nc2cc(OCC(O)CN3CCN(CC(=O)NC(C(=O)O)c4ccc(C(F)(F)F)cc4)CC3)ccc2s1. The van der Waals surface area contributed by atoms with Gasteiger partial charge in [0.1, 0.15) is 18.5 Å². The van der Waals surface area contributed by atoms with E-state index in [9.17, 15) is 33.0 Å². The number of aryl methyl sites for hydroxylation is 1. The molecule has 2 heterocycles. The number of benzene rings is 2. The number of carbonyl (C=O) groups is 2. The molecule has 0 saturated carbocycles. The maximum atomic E-state index is 12.8. The fourth-order valence-corrected chi connectivity index (χ4v) is 5.15. The number of β-amino-alcohol motifs (C(OH)–C–C–N with tert-alkyl or cyclic N) is 1. The van der Waals surface area contributed by atoms with E-state index in [-0.39, 0.29) is 18.7 Å².